The van der Waals surface area contributed by atoms with Crippen molar-refractivity contribution in [2.75, 3.05) is 33.7 Å². The largest absolute Gasteiger partial charge is 0.487 e. The van der Waals surface area contributed by atoms with Crippen LogP contribution in [-0.2, 0) is 4.74 Å². The molecule has 27 nitrogen and oxygen atoms in total. The summed E-state index contributed by atoms with van der Waals surface area (Å²) in [4.78, 5) is 128. The Morgan fingerprint density at radius 1 is 0.295 bits per heavy atom. The average Bonchev–Trinajstić information content (AvgIpc) is 0.775. The first-order valence-electron chi connectivity index (χ1n) is 36.0. The molecule has 0 saturated carbocycles. The number of pyridine rings is 6. The van der Waals surface area contributed by atoms with Gasteiger partial charge in [0.25, 0.3) is 35.2 Å². The van der Waals surface area contributed by atoms with Crippen molar-refractivity contribution in [3.63, 3.8) is 0 Å². The Balaban J connectivity index is 0.884. The van der Waals surface area contributed by atoms with Crippen molar-refractivity contribution in [1.82, 2.24) is 29.9 Å². The number of aromatic nitrogens is 6. The molecule has 576 valence electrons. The molecule has 0 saturated heterocycles. The summed E-state index contributed by atoms with van der Waals surface area (Å²) in [5.41, 5.74) is -4.25. The van der Waals surface area contributed by atoms with E-state index in [1.54, 1.807) is 118 Å². The Morgan fingerprint density at radius 3 is 0.688 bits per heavy atom. The Hall–Kier alpha value is -13.2. The van der Waals surface area contributed by atoms with E-state index in [0.717, 1.165) is 0 Å². The fourth-order valence-corrected chi connectivity index (χ4v) is 12.1. The number of rotatable bonds is 18. The topological polar surface area (TPSA) is 348 Å². The van der Waals surface area contributed by atoms with Gasteiger partial charge in [0.15, 0.2) is 11.2 Å². The van der Waals surface area contributed by atoms with Gasteiger partial charge >= 0.3 is 5.97 Å². The van der Waals surface area contributed by atoms with Crippen LogP contribution < -0.4 is 55.0 Å². The molecule has 5 N–H and O–H groups in total. The lowest BCUT2D eigenvalue weighted by atomic mass is 10.1. The lowest BCUT2D eigenvalue weighted by Gasteiger charge is -2.24. The molecule has 0 radical (unpaired) electrons. The predicted octanol–water partition coefficient (Wildman–Crippen LogP) is 18.0. The summed E-state index contributed by atoms with van der Waals surface area (Å²) in [6.45, 7) is 33.1. The van der Waals surface area contributed by atoms with E-state index in [0.29, 0.717) is 38.1 Å². The summed E-state index contributed by atoms with van der Waals surface area (Å²) >= 11 is 0. The number of fused-ring (bicyclic) bond motifs is 6. The number of nitro benzene ring substituents is 1. The second kappa shape index (κ2) is 29.7. The maximum Gasteiger partial charge on any atom is 0.356 e. The maximum atomic E-state index is 15.2. The quantitative estimate of drug-likeness (QED) is 0.0303. The fourth-order valence-electron chi connectivity index (χ4n) is 12.1. The van der Waals surface area contributed by atoms with E-state index in [2.05, 4.69) is 36.6 Å². The van der Waals surface area contributed by atoms with Crippen LogP contribution in [0.1, 0.15) is 188 Å². The van der Waals surface area contributed by atoms with Gasteiger partial charge in [0.05, 0.1) is 68.1 Å². The van der Waals surface area contributed by atoms with E-state index in [4.69, 9.17) is 53.1 Å². The summed E-state index contributed by atoms with van der Waals surface area (Å²) in [6.07, 6.45) is 0. The number of esters is 1. The second-order valence-electron chi connectivity index (χ2n) is 32.5. The third-order valence-electron chi connectivity index (χ3n) is 16.3. The summed E-state index contributed by atoms with van der Waals surface area (Å²) in [6, 6.07) is 38.5. The number of nitrogens with one attached hydrogen (secondary N) is 5. The maximum absolute atomic E-state index is 15.2. The molecular formula is C85H86N12O15. The van der Waals surface area contributed by atoms with Gasteiger partial charge in [-0.3, -0.25) is 34.1 Å². The Morgan fingerprint density at radius 2 is 0.482 bits per heavy atom. The molecule has 0 fully saturated rings. The molecule has 27 heteroatoms. The number of anilines is 5. The smallest absolute Gasteiger partial charge is 0.356 e. The van der Waals surface area contributed by atoms with Crippen molar-refractivity contribution in [3.05, 3.63) is 190 Å². The highest BCUT2D eigenvalue weighted by molar-refractivity contribution is 6.17. The van der Waals surface area contributed by atoms with Gasteiger partial charge in [-0.05, 0) is 191 Å². The molecule has 5 amide bonds. The van der Waals surface area contributed by atoms with Gasteiger partial charge in [0.1, 0.15) is 96.6 Å². The molecule has 0 bridgehead atoms. The van der Waals surface area contributed by atoms with Gasteiger partial charge in [-0.1, -0.05) is 36.4 Å². The van der Waals surface area contributed by atoms with Crippen LogP contribution in [0, 0.1) is 10.1 Å². The van der Waals surface area contributed by atoms with E-state index in [1.165, 1.54) is 55.6 Å². The highest BCUT2D eigenvalue weighted by Gasteiger charge is 2.31. The predicted molar refractivity (Wildman–Crippen MR) is 431 cm³/mol. The van der Waals surface area contributed by atoms with Crippen LogP contribution >= 0.6 is 0 Å². The van der Waals surface area contributed by atoms with Crippen LogP contribution in [0.2, 0.25) is 0 Å². The van der Waals surface area contributed by atoms with Crippen molar-refractivity contribution in [1.29, 1.82) is 0 Å². The lowest BCUT2D eigenvalue weighted by Crippen LogP contribution is -2.24. The first-order chi connectivity index (χ1) is 52.4. The van der Waals surface area contributed by atoms with E-state index >= 15 is 14.4 Å². The van der Waals surface area contributed by atoms with Crippen LogP contribution in [0.15, 0.2) is 146 Å². The van der Waals surface area contributed by atoms with Gasteiger partial charge in [-0.25, -0.2) is 34.7 Å². The summed E-state index contributed by atoms with van der Waals surface area (Å²) < 4.78 is 43.6. The molecule has 6 aromatic heterocycles. The molecule has 0 unspecified atom stereocenters. The molecule has 6 aromatic carbocycles. The third-order valence-corrected chi connectivity index (χ3v) is 16.3. The standard InChI is InChI=1S/C85H86N12O15/c1-80(2,3)107-62-38-55(86-69-45(62)27-21-33-51(69)93-76(100)57-40-64(109-82(7,8)9)47-29-23-35-53(71(47)88-57)95-78(102)59-42-66(111-84(13,14)15)49-31-25-37-61(97(104)105)73(49)90-59)74(98)92-50-32-20-26-44-63(108-81(4,5)6)39-56(87-68(44)50)75(99)94-52-34-22-28-46-65(110-83(10,11)12)41-58(89-70(46)52)77(101)96-54-36-24-30-48-67(112-85(16,17)18)43-60(79(103)106-19)91-72(48)54/h20-43H,1-19H3,(H,92,98)(H,93,100)(H,94,99)(H,95,102)(H,96,101). The van der Waals surface area contributed by atoms with Gasteiger partial charge in [0, 0.05) is 74.8 Å². The van der Waals surface area contributed by atoms with Crippen molar-refractivity contribution in [2.45, 2.75) is 158 Å². The molecule has 12 rings (SSSR count). The van der Waals surface area contributed by atoms with Crippen molar-refractivity contribution < 1.29 is 66.8 Å². The number of non-ortho nitro benzene ring substituents is 1. The number of hydrogen-bond donors (Lipinski definition) is 5. The van der Waals surface area contributed by atoms with E-state index in [1.807, 2.05) is 104 Å². The number of methoxy groups -OCH3 is 1. The normalized spacial score (nSPS) is 12.2. The minimum absolute atomic E-state index is 0.0503. The molecule has 12 aromatic rings. The van der Waals surface area contributed by atoms with Crippen LogP contribution in [0.5, 0.6) is 34.5 Å². The zero-order chi connectivity index (χ0) is 81.1. The molecule has 0 aliphatic heterocycles. The fraction of sp³-hybridized carbons (Fsp3) is 0.294. The zero-order valence-corrected chi connectivity index (χ0v) is 65.6. The monoisotopic (exact) mass is 1510 g/mol. The number of carbonyl (C=O) groups is 6. The van der Waals surface area contributed by atoms with Crippen molar-refractivity contribution >= 4 is 135 Å². The minimum Gasteiger partial charge on any atom is -0.487 e. The molecule has 0 spiro atoms. The van der Waals surface area contributed by atoms with E-state index < -0.39 is 74.0 Å². The van der Waals surface area contributed by atoms with Crippen LogP contribution in [-0.4, -0.2) is 111 Å². The van der Waals surface area contributed by atoms with Gasteiger partial charge < -0.3 is 59.7 Å². The lowest BCUT2D eigenvalue weighted by molar-refractivity contribution is -0.383. The van der Waals surface area contributed by atoms with Crippen molar-refractivity contribution in [3.8, 4) is 34.5 Å². The second-order valence-corrected chi connectivity index (χ2v) is 32.5. The number of hydrogen-bond acceptors (Lipinski definition) is 21. The first-order valence-corrected chi connectivity index (χ1v) is 36.0. The molecule has 112 heavy (non-hydrogen) atoms. The summed E-state index contributed by atoms with van der Waals surface area (Å²) in [5, 5.41) is 29.6. The van der Waals surface area contributed by atoms with Gasteiger partial charge in [-0.15, -0.1) is 0 Å². The van der Waals surface area contributed by atoms with E-state index in [9.17, 15) is 24.5 Å². The van der Waals surface area contributed by atoms with Gasteiger partial charge in [0.2, 0.25) is 0 Å². The number of amides is 5. The number of benzene rings is 6. The number of para-hydroxylation sites is 6. The average molecular weight is 1520 g/mol. The summed E-state index contributed by atoms with van der Waals surface area (Å²) in [7, 11) is 1.24. The molecule has 0 atom stereocenters. The first kappa shape index (κ1) is 78.4. The molecular weight excluding hydrogens is 1430 g/mol. The minimum atomic E-state index is -0.831. The summed E-state index contributed by atoms with van der Waals surface area (Å²) in [5.74, 6) is -2.87. The SMILES string of the molecule is COC(=O)c1cc(OC(C)(C)C)c2cccc(NC(=O)c3cc(OC(C)(C)C)c4cccc(NC(=O)c5cc(OC(C)(C)C)c6cccc(NC(=O)c7cc(OC(C)(C)C)c8cccc(NC(=O)c9cc(OC(C)(C)C)c%10cccc(NC(=O)c%11cc(OC(C)(C)C)c%12cccc([N+](=O)[O-])c%12n%11)c%10n9)c8n7)c6n5)c4n3)c2n1. The number of nitrogens with zero attached hydrogens (tertiary/aromatic N) is 7. The Kier molecular flexibility index (Phi) is 20.8. The zero-order valence-electron chi connectivity index (χ0n) is 65.6. The molecule has 6 heterocycles. The van der Waals surface area contributed by atoms with Gasteiger partial charge in [-0.2, -0.15) is 0 Å². The molecule has 0 aliphatic rings. The highest BCUT2D eigenvalue weighted by Crippen LogP contribution is 2.42. The number of ether oxygens (including phenoxy) is 7. The Bertz CT molecular complexity index is 5880. The third kappa shape index (κ3) is 17.9. The Labute approximate surface area is 645 Å². The van der Waals surface area contributed by atoms with Crippen LogP contribution in [0.25, 0.3) is 65.4 Å². The van der Waals surface area contributed by atoms with Crippen molar-refractivity contribution in [2.24, 2.45) is 0 Å². The van der Waals surface area contributed by atoms with Crippen LogP contribution in [0.4, 0.5) is 34.1 Å². The van der Waals surface area contributed by atoms with E-state index in [-0.39, 0.29) is 130 Å². The van der Waals surface area contributed by atoms with Crippen LogP contribution in [0.3, 0.4) is 0 Å². The highest BCUT2D eigenvalue weighted by atomic mass is 16.6. The number of carbonyl (C=O) groups excluding carboxylic acids is 6. The molecule has 0 aliphatic carbocycles. The number of nitro groups is 1.